The van der Waals surface area contributed by atoms with Crippen molar-refractivity contribution in [2.24, 2.45) is 0 Å². The normalized spacial score (nSPS) is 11.2. The minimum atomic E-state index is -1.07. The van der Waals surface area contributed by atoms with Gasteiger partial charge in [-0.15, -0.1) is 0 Å². The summed E-state index contributed by atoms with van der Waals surface area (Å²) in [6, 6.07) is 0. The van der Waals surface area contributed by atoms with E-state index in [0.717, 1.165) is 12.8 Å². The standard InChI is InChI=1S/C14H19ClN2O3/c1-4-5-7-20-8-6-10-11(13(18)19)12(9(2)3)17-14(15)16-10/h6,8-9H,4-5,7H2,1-3H3,(H,18,19). The lowest BCUT2D eigenvalue weighted by Crippen LogP contribution is -2.11. The molecule has 5 nitrogen and oxygen atoms in total. The van der Waals surface area contributed by atoms with Crippen molar-refractivity contribution in [3.8, 4) is 0 Å². The molecule has 0 amide bonds. The van der Waals surface area contributed by atoms with E-state index in [9.17, 15) is 9.90 Å². The summed E-state index contributed by atoms with van der Waals surface area (Å²) in [5.41, 5.74) is 0.753. The summed E-state index contributed by atoms with van der Waals surface area (Å²) < 4.78 is 5.28. The molecule has 0 aliphatic rings. The molecule has 0 aliphatic heterocycles. The molecular formula is C14H19ClN2O3. The van der Waals surface area contributed by atoms with Crippen LogP contribution in [0.4, 0.5) is 0 Å². The van der Waals surface area contributed by atoms with Gasteiger partial charge in [0.15, 0.2) is 0 Å². The van der Waals surface area contributed by atoms with Crippen LogP contribution in [0.25, 0.3) is 6.08 Å². The highest BCUT2D eigenvalue weighted by atomic mass is 35.5. The van der Waals surface area contributed by atoms with E-state index in [4.69, 9.17) is 16.3 Å². The molecule has 0 saturated heterocycles. The van der Waals surface area contributed by atoms with Gasteiger partial charge >= 0.3 is 5.97 Å². The molecule has 0 saturated carbocycles. The van der Waals surface area contributed by atoms with Crippen LogP contribution in [-0.2, 0) is 4.74 Å². The minimum absolute atomic E-state index is 0.0342. The third kappa shape index (κ3) is 4.49. The number of carbonyl (C=O) groups is 1. The zero-order chi connectivity index (χ0) is 15.1. The molecule has 1 rings (SSSR count). The summed E-state index contributed by atoms with van der Waals surface area (Å²) >= 11 is 5.84. The maximum absolute atomic E-state index is 11.4. The molecule has 0 bridgehead atoms. The number of rotatable bonds is 7. The SMILES string of the molecule is CCCCOC=Cc1nc(Cl)nc(C(C)C)c1C(=O)O. The van der Waals surface area contributed by atoms with E-state index in [1.807, 2.05) is 13.8 Å². The molecule has 1 aromatic rings. The van der Waals surface area contributed by atoms with E-state index in [1.165, 1.54) is 12.3 Å². The number of carboxylic acid groups (broad SMARTS) is 1. The molecular weight excluding hydrogens is 280 g/mol. The average molecular weight is 299 g/mol. The number of hydrogen-bond acceptors (Lipinski definition) is 4. The van der Waals surface area contributed by atoms with Crippen molar-refractivity contribution in [3.05, 3.63) is 28.5 Å². The molecule has 0 unspecified atom stereocenters. The van der Waals surface area contributed by atoms with Crippen LogP contribution in [0, 0.1) is 0 Å². The van der Waals surface area contributed by atoms with Crippen LogP contribution in [0.2, 0.25) is 5.28 Å². The van der Waals surface area contributed by atoms with Crippen molar-refractivity contribution in [1.82, 2.24) is 9.97 Å². The molecule has 1 N–H and O–H groups in total. The first-order valence-corrected chi connectivity index (χ1v) is 6.94. The molecule has 0 radical (unpaired) electrons. The molecule has 110 valence electrons. The molecule has 0 spiro atoms. The third-order valence-electron chi connectivity index (χ3n) is 2.64. The van der Waals surface area contributed by atoms with Crippen molar-refractivity contribution in [2.45, 2.75) is 39.5 Å². The lowest BCUT2D eigenvalue weighted by atomic mass is 10.0. The molecule has 0 atom stereocenters. The average Bonchev–Trinajstić information content (AvgIpc) is 2.37. The summed E-state index contributed by atoms with van der Waals surface area (Å²) in [6.07, 6.45) is 4.94. The number of carboxylic acids is 1. The van der Waals surface area contributed by atoms with Crippen LogP contribution < -0.4 is 0 Å². The quantitative estimate of drug-likeness (QED) is 0.471. The molecule has 0 aliphatic carbocycles. The fourth-order valence-corrected chi connectivity index (χ4v) is 1.81. The van der Waals surface area contributed by atoms with Crippen molar-refractivity contribution < 1.29 is 14.6 Å². The van der Waals surface area contributed by atoms with Gasteiger partial charge in [0.25, 0.3) is 0 Å². The number of aromatic nitrogens is 2. The monoisotopic (exact) mass is 298 g/mol. The van der Waals surface area contributed by atoms with E-state index >= 15 is 0 Å². The van der Waals surface area contributed by atoms with Crippen molar-refractivity contribution in [3.63, 3.8) is 0 Å². The largest absolute Gasteiger partial charge is 0.501 e. The molecule has 0 fully saturated rings. The topological polar surface area (TPSA) is 72.3 Å². The molecule has 6 heteroatoms. The Labute approximate surface area is 123 Å². The van der Waals surface area contributed by atoms with Crippen LogP contribution in [-0.4, -0.2) is 27.7 Å². The van der Waals surface area contributed by atoms with Crippen molar-refractivity contribution >= 4 is 23.6 Å². The second-order valence-electron chi connectivity index (χ2n) is 4.63. The molecule has 1 aromatic heterocycles. The van der Waals surface area contributed by atoms with Gasteiger partial charge in [0.2, 0.25) is 5.28 Å². The zero-order valence-electron chi connectivity index (χ0n) is 11.9. The molecule has 20 heavy (non-hydrogen) atoms. The Hall–Kier alpha value is -1.62. The van der Waals surface area contributed by atoms with Crippen LogP contribution in [0.3, 0.4) is 0 Å². The third-order valence-corrected chi connectivity index (χ3v) is 2.81. The smallest absolute Gasteiger partial charge is 0.339 e. The van der Waals surface area contributed by atoms with Gasteiger partial charge < -0.3 is 9.84 Å². The van der Waals surface area contributed by atoms with E-state index in [1.54, 1.807) is 0 Å². The first-order valence-electron chi connectivity index (χ1n) is 6.56. The van der Waals surface area contributed by atoms with Gasteiger partial charge in [0.1, 0.15) is 5.56 Å². The zero-order valence-corrected chi connectivity index (χ0v) is 12.6. The molecule has 1 heterocycles. The van der Waals surface area contributed by atoms with Crippen LogP contribution >= 0.6 is 11.6 Å². The Bertz CT molecular complexity index is 501. The van der Waals surface area contributed by atoms with E-state index in [2.05, 4.69) is 16.9 Å². The fraction of sp³-hybridized carbons (Fsp3) is 0.500. The number of aromatic carboxylic acids is 1. The predicted octanol–water partition coefficient (Wildman–Crippen LogP) is 3.74. The number of unbranched alkanes of at least 4 members (excludes halogenated alkanes) is 1. The summed E-state index contributed by atoms with van der Waals surface area (Å²) in [4.78, 5) is 19.4. The Kier molecular flexibility index (Phi) is 6.45. The van der Waals surface area contributed by atoms with E-state index in [0.29, 0.717) is 12.3 Å². The van der Waals surface area contributed by atoms with E-state index < -0.39 is 5.97 Å². The minimum Gasteiger partial charge on any atom is -0.501 e. The van der Waals surface area contributed by atoms with E-state index in [-0.39, 0.29) is 22.5 Å². The summed E-state index contributed by atoms with van der Waals surface area (Å²) in [5, 5.41) is 9.36. The van der Waals surface area contributed by atoms with Crippen LogP contribution in [0.1, 0.15) is 61.3 Å². The predicted molar refractivity (Wildman–Crippen MR) is 78.0 cm³/mol. The maximum Gasteiger partial charge on any atom is 0.339 e. The highest BCUT2D eigenvalue weighted by Gasteiger charge is 2.20. The van der Waals surface area contributed by atoms with Gasteiger partial charge in [-0.25, -0.2) is 14.8 Å². The second kappa shape index (κ2) is 7.85. The van der Waals surface area contributed by atoms with Gasteiger partial charge in [-0.2, -0.15) is 0 Å². The summed E-state index contributed by atoms with van der Waals surface area (Å²) in [7, 11) is 0. The van der Waals surface area contributed by atoms with Gasteiger partial charge in [-0.3, -0.25) is 0 Å². The van der Waals surface area contributed by atoms with Crippen molar-refractivity contribution in [2.75, 3.05) is 6.61 Å². The first-order chi connectivity index (χ1) is 9.47. The Morgan fingerprint density at radius 2 is 2.15 bits per heavy atom. The van der Waals surface area contributed by atoms with Gasteiger partial charge in [-0.1, -0.05) is 27.2 Å². The lowest BCUT2D eigenvalue weighted by Gasteiger charge is -2.11. The van der Waals surface area contributed by atoms with Crippen LogP contribution in [0.15, 0.2) is 6.26 Å². The number of halogens is 1. The Balaban J connectivity index is 3.07. The first kappa shape index (κ1) is 16.4. The fourth-order valence-electron chi connectivity index (χ4n) is 1.63. The van der Waals surface area contributed by atoms with Gasteiger partial charge in [0, 0.05) is 0 Å². The van der Waals surface area contributed by atoms with Crippen LogP contribution in [0.5, 0.6) is 0 Å². The summed E-state index contributed by atoms with van der Waals surface area (Å²) in [5.74, 6) is -1.13. The maximum atomic E-state index is 11.4. The molecule has 0 aromatic carbocycles. The lowest BCUT2D eigenvalue weighted by molar-refractivity contribution is 0.0694. The van der Waals surface area contributed by atoms with Gasteiger partial charge in [0.05, 0.1) is 24.3 Å². The number of ether oxygens (including phenoxy) is 1. The van der Waals surface area contributed by atoms with Gasteiger partial charge in [-0.05, 0) is 30.0 Å². The van der Waals surface area contributed by atoms with Crippen molar-refractivity contribution in [1.29, 1.82) is 0 Å². The second-order valence-corrected chi connectivity index (χ2v) is 4.96. The Morgan fingerprint density at radius 3 is 2.70 bits per heavy atom. The Morgan fingerprint density at radius 1 is 1.45 bits per heavy atom. The highest BCUT2D eigenvalue weighted by Crippen LogP contribution is 2.22. The highest BCUT2D eigenvalue weighted by molar-refractivity contribution is 6.28. The number of hydrogen-bond donors (Lipinski definition) is 1. The summed E-state index contributed by atoms with van der Waals surface area (Å²) in [6.45, 7) is 6.37. The number of nitrogens with zero attached hydrogens (tertiary/aromatic N) is 2.